The number of benzene rings is 2. The van der Waals surface area contributed by atoms with Gasteiger partial charge in [-0.2, -0.15) is 0 Å². The maximum absolute atomic E-state index is 13.4. The Balaban J connectivity index is 1.61. The van der Waals surface area contributed by atoms with Gasteiger partial charge in [-0.05, 0) is 62.2 Å². The van der Waals surface area contributed by atoms with Crippen LogP contribution in [0.25, 0.3) is 22.6 Å². The molecule has 2 heterocycles. The molecule has 1 atom stereocenters. The molecule has 2 aromatic carbocycles. The second-order valence-electron chi connectivity index (χ2n) is 6.65. The summed E-state index contributed by atoms with van der Waals surface area (Å²) in [6.45, 7) is 4.40. The van der Waals surface area contributed by atoms with Gasteiger partial charge in [0.2, 0.25) is 5.89 Å². The average molecular weight is 324 g/mol. The Labute approximate surface area is 141 Å². The first-order valence-electron chi connectivity index (χ1n) is 8.58. The van der Waals surface area contributed by atoms with Crippen molar-refractivity contribution in [3.8, 4) is 11.5 Å². The normalized spacial score (nSPS) is 19.0. The zero-order valence-electron chi connectivity index (χ0n) is 13.8. The molecule has 0 radical (unpaired) electrons. The Bertz CT molecular complexity index is 858. The van der Waals surface area contributed by atoms with Crippen LogP contribution in [-0.2, 0) is 6.54 Å². The van der Waals surface area contributed by atoms with Crippen LogP contribution in [0.15, 0.2) is 46.9 Å². The van der Waals surface area contributed by atoms with Crippen molar-refractivity contribution < 1.29 is 8.81 Å². The summed E-state index contributed by atoms with van der Waals surface area (Å²) in [6, 6.07) is 13.1. The Hall–Kier alpha value is -2.20. The topological polar surface area (TPSA) is 29.3 Å². The maximum Gasteiger partial charge on any atom is 0.227 e. The quantitative estimate of drug-likeness (QED) is 0.678. The molecule has 3 aromatic rings. The third-order valence-corrected chi connectivity index (χ3v) is 4.85. The summed E-state index contributed by atoms with van der Waals surface area (Å²) < 4.78 is 19.2. The number of fused-ring (bicyclic) bond motifs is 1. The first-order valence-corrected chi connectivity index (χ1v) is 8.58. The lowest BCUT2D eigenvalue weighted by Gasteiger charge is -2.33. The fourth-order valence-electron chi connectivity index (χ4n) is 3.44. The van der Waals surface area contributed by atoms with Gasteiger partial charge in [0.15, 0.2) is 5.58 Å². The number of nitrogens with zero attached hydrogens (tertiary/aromatic N) is 2. The molecular formula is C20H21FN2O. The summed E-state index contributed by atoms with van der Waals surface area (Å²) in [4.78, 5) is 7.07. The van der Waals surface area contributed by atoms with Gasteiger partial charge >= 0.3 is 0 Å². The molecule has 124 valence electrons. The molecule has 1 aliphatic heterocycles. The van der Waals surface area contributed by atoms with Crippen molar-refractivity contribution in [2.75, 3.05) is 6.54 Å². The molecule has 4 heteroatoms. The number of piperidine rings is 1. The van der Waals surface area contributed by atoms with Crippen LogP contribution < -0.4 is 0 Å². The Morgan fingerprint density at radius 2 is 2.12 bits per heavy atom. The summed E-state index contributed by atoms with van der Waals surface area (Å²) in [7, 11) is 0. The van der Waals surface area contributed by atoms with E-state index in [2.05, 4.69) is 28.9 Å². The number of hydrogen-bond donors (Lipinski definition) is 0. The molecule has 0 spiro atoms. The van der Waals surface area contributed by atoms with Crippen LogP contribution in [0.4, 0.5) is 4.39 Å². The summed E-state index contributed by atoms with van der Waals surface area (Å²) in [5.74, 6) is 0.183. The minimum atomic E-state index is -0.283. The van der Waals surface area contributed by atoms with Crippen LogP contribution in [0.3, 0.4) is 0 Å². The molecule has 0 saturated carbocycles. The highest BCUT2D eigenvalue weighted by Gasteiger charge is 2.18. The van der Waals surface area contributed by atoms with Gasteiger partial charge in [-0.15, -0.1) is 0 Å². The van der Waals surface area contributed by atoms with E-state index in [0.717, 1.165) is 24.2 Å². The van der Waals surface area contributed by atoms with Gasteiger partial charge in [0.1, 0.15) is 11.3 Å². The molecule has 0 N–H and O–H groups in total. The summed E-state index contributed by atoms with van der Waals surface area (Å²) in [5, 5.41) is 0. The van der Waals surface area contributed by atoms with Crippen molar-refractivity contribution in [3.05, 3.63) is 53.8 Å². The number of rotatable bonds is 3. The highest BCUT2D eigenvalue weighted by Crippen LogP contribution is 2.26. The summed E-state index contributed by atoms with van der Waals surface area (Å²) >= 11 is 0. The van der Waals surface area contributed by atoms with Gasteiger partial charge in [0, 0.05) is 18.2 Å². The molecule has 1 aromatic heterocycles. The van der Waals surface area contributed by atoms with Crippen LogP contribution in [0.5, 0.6) is 0 Å². The highest BCUT2D eigenvalue weighted by atomic mass is 19.1. The Morgan fingerprint density at radius 3 is 2.96 bits per heavy atom. The average Bonchev–Trinajstić information content (AvgIpc) is 3.00. The molecule has 4 rings (SSSR count). The smallest absolute Gasteiger partial charge is 0.227 e. The molecule has 1 saturated heterocycles. The minimum Gasteiger partial charge on any atom is -0.436 e. The fourth-order valence-corrected chi connectivity index (χ4v) is 3.44. The van der Waals surface area contributed by atoms with E-state index in [0.29, 0.717) is 17.5 Å². The van der Waals surface area contributed by atoms with Crippen molar-refractivity contribution in [1.29, 1.82) is 0 Å². The first-order chi connectivity index (χ1) is 11.7. The number of likely N-dealkylation sites (tertiary alicyclic amines) is 1. The van der Waals surface area contributed by atoms with Crippen LogP contribution in [0, 0.1) is 5.82 Å². The van der Waals surface area contributed by atoms with Crippen LogP contribution >= 0.6 is 0 Å². The first kappa shape index (κ1) is 15.3. The van der Waals surface area contributed by atoms with E-state index in [1.54, 1.807) is 6.07 Å². The van der Waals surface area contributed by atoms with Crippen molar-refractivity contribution in [1.82, 2.24) is 9.88 Å². The Morgan fingerprint density at radius 1 is 1.21 bits per heavy atom. The van der Waals surface area contributed by atoms with Gasteiger partial charge in [-0.1, -0.05) is 18.6 Å². The second kappa shape index (κ2) is 6.36. The van der Waals surface area contributed by atoms with E-state index < -0.39 is 0 Å². The van der Waals surface area contributed by atoms with Crippen LogP contribution in [-0.4, -0.2) is 22.5 Å². The molecule has 3 nitrogen and oxygen atoms in total. The maximum atomic E-state index is 13.4. The number of hydrogen-bond acceptors (Lipinski definition) is 3. The molecule has 24 heavy (non-hydrogen) atoms. The minimum absolute atomic E-state index is 0.283. The zero-order chi connectivity index (χ0) is 16.5. The standard InChI is InChI=1S/C20H21FN2O/c1-14-5-2-3-10-23(14)13-15-8-9-19-18(11-15)22-20(24-19)16-6-4-7-17(21)12-16/h4,6-9,11-12,14H,2-3,5,10,13H2,1H3. The number of halogens is 1. The third kappa shape index (κ3) is 3.06. The second-order valence-corrected chi connectivity index (χ2v) is 6.65. The van der Waals surface area contributed by atoms with Crippen molar-refractivity contribution >= 4 is 11.1 Å². The van der Waals surface area contributed by atoms with Crippen molar-refractivity contribution in [2.45, 2.75) is 38.8 Å². The molecule has 1 fully saturated rings. The van der Waals surface area contributed by atoms with E-state index in [9.17, 15) is 4.39 Å². The molecule has 1 unspecified atom stereocenters. The van der Waals surface area contributed by atoms with Gasteiger partial charge in [0.25, 0.3) is 0 Å². The molecule has 0 amide bonds. The van der Waals surface area contributed by atoms with E-state index >= 15 is 0 Å². The highest BCUT2D eigenvalue weighted by molar-refractivity contribution is 5.76. The number of aromatic nitrogens is 1. The van der Waals surface area contributed by atoms with E-state index in [1.165, 1.54) is 37.0 Å². The molecule has 1 aliphatic rings. The largest absolute Gasteiger partial charge is 0.436 e. The molecular weight excluding hydrogens is 303 g/mol. The summed E-state index contributed by atoms with van der Waals surface area (Å²) in [5.41, 5.74) is 3.48. The predicted molar refractivity (Wildman–Crippen MR) is 93.1 cm³/mol. The van der Waals surface area contributed by atoms with E-state index in [4.69, 9.17) is 4.42 Å². The number of oxazole rings is 1. The van der Waals surface area contributed by atoms with Crippen LogP contribution in [0.2, 0.25) is 0 Å². The lowest BCUT2D eigenvalue weighted by atomic mass is 10.0. The third-order valence-electron chi connectivity index (χ3n) is 4.85. The van der Waals surface area contributed by atoms with Crippen molar-refractivity contribution in [3.63, 3.8) is 0 Å². The molecule has 0 bridgehead atoms. The van der Waals surface area contributed by atoms with Gasteiger partial charge in [-0.25, -0.2) is 9.37 Å². The van der Waals surface area contributed by atoms with Gasteiger partial charge in [-0.3, -0.25) is 4.90 Å². The fraction of sp³-hybridized carbons (Fsp3) is 0.350. The Kier molecular flexibility index (Phi) is 4.07. The summed E-state index contributed by atoms with van der Waals surface area (Å²) in [6.07, 6.45) is 3.88. The SMILES string of the molecule is CC1CCCCN1Cc1ccc2oc(-c3cccc(F)c3)nc2c1. The predicted octanol–water partition coefficient (Wildman–Crippen LogP) is 5.01. The van der Waals surface area contributed by atoms with E-state index in [-0.39, 0.29) is 5.82 Å². The lowest BCUT2D eigenvalue weighted by molar-refractivity contribution is 0.152. The molecule has 0 aliphatic carbocycles. The van der Waals surface area contributed by atoms with Gasteiger partial charge in [0.05, 0.1) is 0 Å². The van der Waals surface area contributed by atoms with Crippen molar-refractivity contribution in [2.24, 2.45) is 0 Å². The lowest BCUT2D eigenvalue weighted by Crippen LogP contribution is -2.36. The van der Waals surface area contributed by atoms with Crippen LogP contribution in [0.1, 0.15) is 31.7 Å². The zero-order valence-corrected chi connectivity index (χ0v) is 13.8. The monoisotopic (exact) mass is 324 g/mol. The van der Waals surface area contributed by atoms with E-state index in [1.807, 2.05) is 12.1 Å². The van der Waals surface area contributed by atoms with Gasteiger partial charge < -0.3 is 4.42 Å².